The highest BCUT2D eigenvalue weighted by atomic mass is 35.5. The molecule has 0 radical (unpaired) electrons. The van der Waals surface area contributed by atoms with Gasteiger partial charge in [0.1, 0.15) is 17.0 Å². The quantitative estimate of drug-likeness (QED) is 0.279. The van der Waals surface area contributed by atoms with Gasteiger partial charge >= 0.3 is 6.18 Å². The Kier molecular flexibility index (Phi) is 6.85. The molecule has 0 spiro atoms. The number of nitrogens with one attached hydrogen (secondary N) is 2. The van der Waals surface area contributed by atoms with Crippen LogP contribution in [0.25, 0.3) is 11.0 Å². The number of imidazole rings is 1. The molecular weight excluding hydrogens is 466 g/mol. The Morgan fingerprint density at radius 3 is 2.61 bits per heavy atom. The van der Waals surface area contributed by atoms with Gasteiger partial charge < -0.3 is 20.2 Å². The number of aromatic nitrogens is 3. The highest BCUT2D eigenvalue weighted by Crippen LogP contribution is 2.52. The third-order valence-corrected chi connectivity index (χ3v) is 6.17. The topological polar surface area (TPSA) is 110 Å². The fourth-order valence-corrected chi connectivity index (χ4v) is 3.88. The minimum absolute atomic E-state index is 0.0623. The molecule has 33 heavy (non-hydrogen) atoms. The van der Waals surface area contributed by atoms with Crippen LogP contribution in [-0.4, -0.2) is 46.3 Å². The van der Waals surface area contributed by atoms with E-state index in [2.05, 4.69) is 15.0 Å². The van der Waals surface area contributed by atoms with Crippen LogP contribution in [0.3, 0.4) is 0 Å². The molecule has 3 atom stereocenters. The maximum absolute atomic E-state index is 13.9. The lowest BCUT2D eigenvalue weighted by Crippen LogP contribution is -2.46. The molecule has 7 nitrogen and oxygen atoms in total. The molecule has 1 aromatic carbocycles. The predicted molar refractivity (Wildman–Crippen MR) is 115 cm³/mol. The van der Waals surface area contributed by atoms with Gasteiger partial charge in [0, 0.05) is 23.6 Å². The smallest absolute Gasteiger partial charge is 0.417 e. The van der Waals surface area contributed by atoms with Crippen molar-refractivity contribution >= 4 is 28.5 Å². The SMILES string of the molecule is COc1c(C2CO[C@@](C)(C(F)(F)F)C2C)ccc(Cl)c1F.N=C(N)c1nccc2[nH]cnc12. The minimum Gasteiger partial charge on any atom is -0.493 e. The highest BCUT2D eigenvalue weighted by molar-refractivity contribution is 6.30. The molecule has 2 unspecified atom stereocenters. The molecule has 4 rings (SSSR count). The van der Waals surface area contributed by atoms with Gasteiger partial charge in [0.15, 0.2) is 17.2 Å². The normalized spacial score (nSPS) is 22.7. The van der Waals surface area contributed by atoms with Crippen LogP contribution >= 0.6 is 11.6 Å². The first kappa shape index (κ1) is 24.7. The summed E-state index contributed by atoms with van der Waals surface area (Å²) in [4.78, 5) is 10.9. The van der Waals surface area contributed by atoms with Crippen molar-refractivity contribution in [3.8, 4) is 5.75 Å². The van der Waals surface area contributed by atoms with Crippen LogP contribution in [-0.2, 0) is 4.74 Å². The maximum atomic E-state index is 13.9. The summed E-state index contributed by atoms with van der Waals surface area (Å²) in [6.45, 7) is 2.29. The third kappa shape index (κ3) is 4.47. The summed E-state index contributed by atoms with van der Waals surface area (Å²) >= 11 is 5.67. The lowest BCUT2D eigenvalue weighted by molar-refractivity contribution is -0.266. The number of aromatic amines is 1. The zero-order chi connectivity index (χ0) is 24.6. The van der Waals surface area contributed by atoms with Gasteiger partial charge in [0.05, 0.1) is 30.6 Å². The van der Waals surface area contributed by atoms with Gasteiger partial charge in [0.2, 0.25) is 0 Å². The number of nitrogen functional groups attached to an aromatic ring is 1. The first-order chi connectivity index (χ1) is 15.4. The number of rotatable bonds is 3. The fraction of sp³-hybridized carbons (Fsp3) is 0.381. The molecule has 0 bridgehead atoms. The van der Waals surface area contributed by atoms with Crippen LogP contribution in [0.4, 0.5) is 17.6 Å². The van der Waals surface area contributed by atoms with Gasteiger partial charge in [-0.05, 0) is 19.1 Å². The molecule has 3 heterocycles. The van der Waals surface area contributed by atoms with Crippen LogP contribution < -0.4 is 10.5 Å². The maximum Gasteiger partial charge on any atom is 0.417 e. The summed E-state index contributed by atoms with van der Waals surface area (Å²) in [7, 11) is 1.25. The number of fused-ring (bicyclic) bond motifs is 1. The van der Waals surface area contributed by atoms with Crippen molar-refractivity contribution in [2.24, 2.45) is 11.7 Å². The van der Waals surface area contributed by atoms with E-state index in [0.717, 1.165) is 12.4 Å². The Hall–Kier alpha value is -2.92. The molecule has 4 N–H and O–H groups in total. The van der Waals surface area contributed by atoms with Crippen molar-refractivity contribution in [3.05, 3.63) is 52.8 Å². The summed E-state index contributed by atoms with van der Waals surface area (Å²) in [6.07, 6.45) is -1.35. The molecule has 12 heteroatoms. The number of alkyl halides is 3. The third-order valence-electron chi connectivity index (χ3n) is 5.88. The van der Waals surface area contributed by atoms with E-state index in [0.29, 0.717) is 16.8 Å². The lowest BCUT2D eigenvalue weighted by Gasteiger charge is -2.32. The van der Waals surface area contributed by atoms with E-state index in [1.54, 1.807) is 18.6 Å². The molecule has 1 saturated heterocycles. The van der Waals surface area contributed by atoms with Crippen LogP contribution in [0.15, 0.2) is 30.7 Å². The van der Waals surface area contributed by atoms with E-state index >= 15 is 0 Å². The Balaban J connectivity index is 0.000000215. The van der Waals surface area contributed by atoms with Crippen LogP contribution in [0.1, 0.15) is 31.0 Å². The summed E-state index contributed by atoms with van der Waals surface area (Å²) in [5, 5.41) is 7.08. The minimum atomic E-state index is -4.50. The first-order valence-corrected chi connectivity index (χ1v) is 10.1. The van der Waals surface area contributed by atoms with E-state index < -0.39 is 29.4 Å². The van der Waals surface area contributed by atoms with Crippen LogP contribution in [0.2, 0.25) is 5.02 Å². The van der Waals surface area contributed by atoms with Crippen molar-refractivity contribution in [1.29, 1.82) is 5.41 Å². The molecule has 0 aliphatic carbocycles. The fourth-order valence-electron chi connectivity index (χ4n) is 3.73. The molecule has 2 aromatic heterocycles. The van der Waals surface area contributed by atoms with Gasteiger partial charge in [-0.3, -0.25) is 10.4 Å². The second-order valence-corrected chi connectivity index (χ2v) is 8.07. The van der Waals surface area contributed by atoms with Gasteiger partial charge in [0.25, 0.3) is 0 Å². The van der Waals surface area contributed by atoms with Gasteiger partial charge in [-0.25, -0.2) is 9.37 Å². The number of nitrogens with zero attached hydrogens (tertiary/aromatic N) is 2. The van der Waals surface area contributed by atoms with E-state index in [9.17, 15) is 17.6 Å². The van der Waals surface area contributed by atoms with Crippen LogP contribution in [0, 0.1) is 17.1 Å². The Labute approximate surface area is 191 Å². The van der Waals surface area contributed by atoms with Crippen molar-refractivity contribution in [2.75, 3.05) is 13.7 Å². The van der Waals surface area contributed by atoms with Gasteiger partial charge in [-0.1, -0.05) is 24.6 Å². The second kappa shape index (κ2) is 9.14. The Bertz CT molecular complexity index is 1170. The number of pyridine rings is 1. The molecule has 1 aliphatic heterocycles. The lowest BCUT2D eigenvalue weighted by atomic mass is 9.79. The standard InChI is InChI=1S/C14H15ClF4O2.C7H7N5/c1-7-9(6-21-13(7,2)14(17,18)19)8-4-5-10(15)11(16)12(8)20-3;8-7(9)6-5-4(1-2-10-6)11-3-12-5/h4-5,7,9H,6H2,1-3H3;1-3H,(H3,8,9)(H,11,12)/t7?,9?,13-;/m1./s1. The number of hydrogen-bond donors (Lipinski definition) is 3. The Morgan fingerprint density at radius 1 is 1.33 bits per heavy atom. The highest BCUT2D eigenvalue weighted by Gasteiger charge is 2.61. The van der Waals surface area contributed by atoms with E-state index in [1.165, 1.54) is 26.2 Å². The zero-order valence-electron chi connectivity index (χ0n) is 17.9. The number of methoxy groups -OCH3 is 1. The average Bonchev–Trinajstić information content (AvgIpc) is 3.35. The number of ether oxygens (including phenoxy) is 2. The van der Waals surface area contributed by atoms with Crippen LogP contribution in [0.5, 0.6) is 5.75 Å². The van der Waals surface area contributed by atoms with E-state index in [1.807, 2.05) is 0 Å². The predicted octanol–water partition coefficient (Wildman–Crippen LogP) is 4.80. The molecule has 1 fully saturated rings. The van der Waals surface area contributed by atoms with Gasteiger partial charge in [-0.2, -0.15) is 13.2 Å². The van der Waals surface area contributed by atoms with Crippen molar-refractivity contribution in [3.63, 3.8) is 0 Å². The first-order valence-electron chi connectivity index (χ1n) is 9.77. The van der Waals surface area contributed by atoms with Crippen molar-refractivity contribution in [1.82, 2.24) is 15.0 Å². The van der Waals surface area contributed by atoms with Crippen molar-refractivity contribution < 1.29 is 27.0 Å². The number of amidine groups is 1. The van der Waals surface area contributed by atoms with Gasteiger partial charge in [-0.15, -0.1) is 0 Å². The molecule has 1 aliphatic rings. The molecule has 178 valence electrons. The summed E-state index contributed by atoms with van der Waals surface area (Å²) in [5.41, 5.74) is 5.29. The summed E-state index contributed by atoms with van der Waals surface area (Å²) in [5.74, 6) is -2.48. The monoisotopic (exact) mass is 487 g/mol. The molecule has 3 aromatic rings. The zero-order valence-corrected chi connectivity index (χ0v) is 18.7. The molecule has 0 amide bonds. The summed E-state index contributed by atoms with van der Waals surface area (Å²) < 4.78 is 63.4. The largest absolute Gasteiger partial charge is 0.493 e. The summed E-state index contributed by atoms with van der Waals surface area (Å²) in [6, 6.07) is 4.58. The molecular formula is C21H22ClF4N5O2. The van der Waals surface area contributed by atoms with Crippen molar-refractivity contribution in [2.45, 2.75) is 31.5 Å². The number of H-pyrrole nitrogens is 1. The Morgan fingerprint density at radius 2 is 2.03 bits per heavy atom. The molecule has 0 saturated carbocycles. The number of benzene rings is 1. The van der Waals surface area contributed by atoms with E-state index in [4.69, 9.17) is 32.2 Å². The van der Waals surface area contributed by atoms with E-state index in [-0.39, 0.29) is 23.2 Å². The second-order valence-electron chi connectivity index (χ2n) is 7.67. The number of nitrogens with two attached hydrogens (primary N) is 1. The average molecular weight is 488 g/mol. The number of hydrogen-bond acceptors (Lipinski definition) is 5. The number of halogens is 5.